The van der Waals surface area contributed by atoms with Crippen LogP contribution in [0.1, 0.15) is 29.7 Å². The summed E-state index contributed by atoms with van der Waals surface area (Å²) in [6, 6.07) is 9.83. The van der Waals surface area contributed by atoms with E-state index in [0.29, 0.717) is 0 Å². The molecule has 0 aliphatic heterocycles. The zero-order valence-corrected chi connectivity index (χ0v) is 10.4. The van der Waals surface area contributed by atoms with Crippen molar-refractivity contribution in [3.63, 3.8) is 0 Å². The quantitative estimate of drug-likeness (QED) is 0.846. The van der Waals surface area contributed by atoms with E-state index < -0.39 is 0 Å². The van der Waals surface area contributed by atoms with E-state index in [1.165, 1.54) is 39.8 Å². The number of rotatable bonds is 3. The molecule has 2 heteroatoms. The van der Waals surface area contributed by atoms with E-state index in [-0.39, 0.29) is 0 Å². The number of benzene rings is 1. The summed E-state index contributed by atoms with van der Waals surface area (Å²) in [5.41, 5.74) is 1.35. The number of fused-ring (bicyclic) bond motifs is 1. The maximum absolute atomic E-state index is 3.62. The molecule has 1 N–H and O–H groups in total. The van der Waals surface area contributed by atoms with Crippen LogP contribution in [0.3, 0.4) is 0 Å². The SMILES string of the molecule is Cc1ccc2sc(CNC3CCC3)cc2c1. The Morgan fingerprint density at radius 2 is 2.19 bits per heavy atom. The van der Waals surface area contributed by atoms with E-state index in [1.54, 1.807) is 0 Å². The molecule has 1 nitrogen and oxygen atoms in total. The molecular formula is C14H17NS. The van der Waals surface area contributed by atoms with Crippen LogP contribution >= 0.6 is 11.3 Å². The highest BCUT2D eigenvalue weighted by molar-refractivity contribution is 7.19. The highest BCUT2D eigenvalue weighted by Crippen LogP contribution is 2.27. The van der Waals surface area contributed by atoms with Crippen molar-refractivity contribution in [2.45, 2.75) is 38.8 Å². The molecule has 1 aromatic carbocycles. The van der Waals surface area contributed by atoms with Gasteiger partial charge in [-0.1, -0.05) is 24.1 Å². The van der Waals surface area contributed by atoms with Gasteiger partial charge in [0.2, 0.25) is 0 Å². The van der Waals surface area contributed by atoms with E-state index >= 15 is 0 Å². The van der Waals surface area contributed by atoms with Gasteiger partial charge in [-0.05, 0) is 37.3 Å². The van der Waals surface area contributed by atoms with Crippen molar-refractivity contribution in [1.29, 1.82) is 0 Å². The van der Waals surface area contributed by atoms with E-state index in [2.05, 4.69) is 36.5 Å². The average molecular weight is 231 g/mol. The third-order valence-corrected chi connectivity index (χ3v) is 4.51. The average Bonchev–Trinajstić information content (AvgIpc) is 2.57. The molecule has 0 saturated heterocycles. The summed E-state index contributed by atoms with van der Waals surface area (Å²) >= 11 is 1.92. The van der Waals surface area contributed by atoms with Crippen LogP contribution in [0.5, 0.6) is 0 Å². The van der Waals surface area contributed by atoms with Crippen LogP contribution in [0.4, 0.5) is 0 Å². The van der Waals surface area contributed by atoms with Gasteiger partial charge in [0.1, 0.15) is 0 Å². The fourth-order valence-corrected chi connectivity index (χ4v) is 3.16. The molecule has 16 heavy (non-hydrogen) atoms. The number of nitrogens with one attached hydrogen (secondary N) is 1. The Hall–Kier alpha value is -0.860. The fourth-order valence-electron chi connectivity index (χ4n) is 2.16. The predicted molar refractivity (Wildman–Crippen MR) is 71.0 cm³/mol. The van der Waals surface area contributed by atoms with Crippen LogP contribution < -0.4 is 5.32 Å². The van der Waals surface area contributed by atoms with Crippen LogP contribution in [0.25, 0.3) is 10.1 Å². The molecule has 2 aromatic rings. The zero-order valence-electron chi connectivity index (χ0n) is 9.62. The molecule has 1 aliphatic carbocycles. The Morgan fingerprint density at radius 3 is 2.94 bits per heavy atom. The van der Waals surface area contributed by atoms with E-state index in [4.69, 9.17) is 0 Å². The lowest BCUT2D eigenvalue weighted by Crippen LogP contribution is -2.34. The van der Waals surface area contributed by atoms with Crippen LogP contribution in [0.15, 0.2) is 24.3 Å². The summed E-state index contributed by atoms with van der Waals surface area (Å²) in [6.07, 6.45) is 4.14. The summed E-state index contributed by atoms with van der Waals surface area (Å²) in [7, 11) is 0. The molecule has 1 fully saturated rings. The largest absolute Gasteiger partial charge is 0.309 e. The van der Waals surface area contributed by atoms with Gasteiger partial charge in [-0.2, -0.15) is 0 Å². The second-order valence-corrected chi connectivity index (χ2v) is 5.93. The van der Waals surface area contributed by atoms with Crippen LogP contribution in [-0.2, 0) is 6.54 Å². The number of thiophene rings is 1. The Kier molecular flexibility index (Phi) is 2.70. The van der Waals surface area contributed by atoms with Crippen LogP contribution in [-0.4, -0.2) is 6.04 Å². The Bertz CT molecular complexity index is 496. The van der Waals surface area contributed by atoms with E-state index in [0.717, 1.165) is 12.6 Å². The first-order valence-electron chi connectivity index (χ1n) is 6.04. The topological polar surface area (TPSA) is 12.0 Å². The first kappa shape index (κ1) is 10.3. The first-order chi connectivity index (χ1) is 7.81. The molecule has 84 valence electrons. The van der Waals surface area contributed by atoms with Crippen molar-refractivity contribution in [3.8, 4) is 0 Å². The van der Waals surface area contributed by atoms with Crippen molar-refractivity contribution in [2.24, 2.45) is 0 Å². The smallest absolute Gasteiger partial charge is 0.0346 e. The van der Waals surface area contributed by atoms with Gasteiger partial charge in [-0.15, -0.1) is 11.3 Å². The third-order valence-electron chi connectivity index (χ3n) is 3.39. The molecule has 0 unspecified atom stereocenters. The number of aryl methyl sites for hydroxylation is 1. The molecule has 3 rings (SSSR count). The van der Waals surface area contributed by atoms with Gasteiger partial charge < -0.3 is 5.32 Å². The Labute approximate surface area is 100 Å². The first-order valence-corrected chi connectivity index (χ1v) is 6.85. The maximum Gasteiger partial charge on any atom is 0.0346 e. The molecule has 0 bridgehead atoms. The lowest BCUT2D eigenvalue weighted by Gasteiger charge is -2.26. The highest BCUT2D eigenvalue weighted by atomic mass is 32.1. The second kappa shape index (κ2) is 4.19. The summed E-state index contributed by atoms with van der Waals surface area (Å²) in [5, 5.41) is 5.02. The Balaban J connectivity index is 1.76. The molecule has 0 radical (unpaired) electrons. The summed E-state index contributed by atoms with van der Waals surface area (Å²) in [4.78, 5) is 1.47. The van der Waals surface area contributed by atoms with Crippen molar-refractivity contribution in [2.75, 3.05) is 0 Å². The minimum absolute atomic E-state index is 0.784. The van der Waals surface area contributed by atoms with Crippen molar-refractivity contribution >= 4 is 21.4 Å². The monoisotopic (exact) mass is 231 g/mol. The predicted octanol–water partition coefficient (Wildman–Crippen LogP) is 3.85. The molecular weight excluding hydrogens is 214 g/mol. The third kappa shape index (κ3) is 2.00. The molecule has 1 aliphatic rings. The highest BCUT2D eigenvalue weighted by Gasteiger charge is 2.16. The molecule has 1 aromatic heterocycles. The zero-order chi connectivity index (χ0) is 11.0. The molecule has 0 atom stereocenters. The van der Waals surface area contributed by atoms with Crippen molar-refractivity contribution in [3.05, 3.63) is 34.7 Å². The van der Waals surface area contributed by atoms with Crippen LogP contribution in [0, 0.1) is 6.92 Å². The molecule has 1 heterocycles. The number of hydrogen-bond donors (Lipinski definition) is 1. The normalized spacial score (nSPS) is 16.6. The van der Waals surface area contributed by atoms with Gasteiger partial charge in [0.15, 0.2) is 0 Å². The molecule has 0 spiro atoms. The van der Waals surface area contributed by atoms with Gasteiger partial charge in [-0.3, -0.25) is 0 Å². The standard InChI is InChI=1S/C14H17NS/c1-10-5-6-14-11(7-10)8-13(16-14)9-15-12-3-2-4-12/h5-8,12,15H,2-4,9H2,1H3. The molecule has 0 amide bonds. The number of hydrogen-bond acceptors (Lipinski definition) is 2. The summed E-state index contributed by atoms with van der Waals surface area (Å²) < 4.78 is 1.41. The Morgan fingerprint density at radius 1 is 1.31 bits per heavy atom. The van der Waals surface area contributed by atoms with E-state index in [9.17, 15) is 0 Å². The van der Waals surface area contributed by atoms with Gasteiger partial charge in [0.25, 0.3) is 0 Å². The van der Waals surface area contributed by atoms with Gasteiger partial charge in [-0.25, -0.2) is 0 Å². The lowest BCUT2D eigenvalue weighted by molar-refractivity contribution is 0.339. The van der Waals surface area contributed by atoms with Gasteiger partial charge >= 0.3 is 0 Å². The fraction of sp³-hybridized carbons (Fsp3) is 0.429. The second-order valence-electron chi connectivity index (χ2n) is 4.76. The van der Waals surface area contributed by atoms with Crippen LogP contribution in [0.2, 0.25) is 0 Å². The van der Waals surface area contributed by atoms with Crippen molar-refractivity contribution in [1.82, 2.24) is 5.32 Å². The minimum Gasteiger partial charge on any atom is -0.309 e. The lowest BCUT2D eigenvalue weighted by atomic mass is 9.93. The molecule has 1 saturated carbocycles. The minimum atomic E-state index is 0.784. The van der Waals surface area contributed by atoms with Gasteiger partial charge in [0.05, 0.1) is 0 Å². The van der Waals surface area contributed by atoms with Crippen molar-refractivity contribution < 1.29 is 0 Å². The maximum atomic E-state index is 3.62. The summed E-state index contributed by atoms with van der Waals surface area (Å²) in [6.45, 7) is 3.20. The van der Waals surface area contributed by atoms with E-state index in [1.807, 2.05) is 11.3 Å². The van der Waals surface area contributed by atoms with Gasteiger partial charge in [0, 0.05) is 22.2 Å². The summed E-state index contributed by atoms with van der Waals surface area (Å²) in [5.74, 6) is 0.